The molecule has 0 radical (unpaired) electrons. The Bertz CT molecular complexity index is 1570. The minimum atomic E-state index is -0.151. The molecule has 3 aromatic rings. The first-order valence-corrected chi connectivity index (χ1v) is 24.4. The van der Waals surface area contributed by atoms with Crippen LogP contribution in [0, 0.1) is 0 Å². The highest BCUT2D eigenvalue weighted by Gasteiger charge is 2.14. The zero-order valence-corrected chi connectivity index (χ0v) is 41.1. The fourth-order valence-electron chi connectivity index (χ4n) is 7.49. The molecule has 64 heavy (non-hydrogen) atoms. The van der Waals surface area contributed by atoms with Crippen LogP contribution in [0.5, 0.6) is 0 Å². The minimum Gasteiger partial charge on any atom is -0.461 e. The van der Waals surface area contributed by atoms with Gasteiger partial charge in [0, 0.05) is 65.4 Å². The topological polar surface area (TPSA) is 72.0 Å². The number of hydrogen-bond acceptors (Lipinski definition) is 10. The van der Waals surface area contributed by atoms with Gasteiger partial charge in [0.1, 0.15) is 13.2 Å². The Hall–Kier alpha value is -4.16. The molecule has 0 saturated heterocycles. The molecule has 0 atom stereocenters. The second-order valence-corrected chi connectivity index (χ2v) is 16.4. The smallest absolute Gasteiger partial charge is 0.307 e. The Kier molecular flexibility index (Phi) is 27.5. The van der Waals surface area contributed by atoms with Gasteiger partial charge in [-0.2, -0.15) is 0 Å². The lowest BCUT2D eigenvalue weighted by Crippen LogP contribution is -2.40. The van der Waals surface area contributed by atoms with Gasteiger partial charge in [0.25, 0.3) is 0 Å². The van der Waals surface area contributed by atoms with Crippen LogP contribution in [0.1, 0.15) is 102 Å². The Morgan fingerprint density at radius 1 is 0.344 bits per heavy atom. The molecule has 0 aliphatic heterocycles. The third kappa shape index (κ3) is 22.2. The summed E-state index contributed by atoms with van der Waals surface area (Å²) in [5, 5.41) is 0. The molecular formula is C54H84N6O4. The van der Waals surface area contributed by atoms with E-state index in [1.54, 1.807) is 0 Å². The highest BCUT2D eigenvalue weighted by molar-refractivity contribution is 5.73. The molecule has 3 rings (SSSR count). The summed E-state index contributed by atoms with van der Waals surface area (Å²) in [5.74, 6) is -0.301. The van der Waals surface area contributed by atoms with Crippen LogP contribution in [-0.2, 0) is 32.3 Å². The van der Waals surface area contributed by atoms with Crippen LogP contribution in [0.25, 0.3) is 24.3 Å². The number of ether oxygens (including phenoxy) is 2. The second-order valence-electron chi connectivity index (χ2n) is 16.4. The molecule has 354 valence electrons. The van der Waals surface area contributed by atoms with Crippen LogP contribution in [0.3, 0.4) is 0 Å². The standard InChI is InChI=1S/C54H84N6O4/c1-9-55(10-2)37-41-59(42-38-56(11-3)12-4)35-33-53(61)63-45-51-29-25-49(26-30-51)23-21-47-17-19-48(20-18-47)22-24-50-27-31-52(32-28-50)46-64-54(62)34-36-60(43-39-57(13-5)14-6)44-40-58(15-7)16-8/h17-32H,9-16,33-46H2,1-8H3/b23-21-,24-22-. The summed E-state index contributed by atoms with van der Waals surface area (Å²) in [6.07, 6.45) is 9.21. The van der Waals surface area contributed by atoms with Crippen LogP contribution < -0.4 is 0 Å². The summed E-state index contributed by atoms with van der Waals surface area (Å²) < 4.78 is 11.4. The molecule has 0 bridgehead atoms. The van der Waals surface area contributed by atoms with Gasteiger partial charge in [-0.1, -0.05) is 152 Å². The van der Waals surface area contributed by atoms with Gasteiger partial charge in [-0.15, -0.1) is 0 Å². The normalized spacial score (nSPS) is 12.1. The lowest BCUT2D eigenvalue weighted by Gasteiger charge is -2.28. The van der Waals surface area contributed by atoms with E-state index in [0.717, 1.165) is 138 Å². The van der Waals surface area contributed by atoms with Crippen molar-refractivity contribution >= 4 is 36.2 Å². The van der Waals surface area contributed by atoms with Gasteiger partial charge < -0.3 is 38.9 Å². The van der Waals surface area contributed by atoms with E-state index < -0.39 is 0 Å². The Labute approximate surface area is 388 Å². The first-order chi connectivity index (χ1) is 31.1. The Morgan fingerprint density at radius 2 is 0.562 bits per heavy atom. The molecular weight excluding hydrogens is 797 g/mol. The molecule has 3 aromatic carbocycles. The average Bonchev–Trinajstić information content (AvgIpc) is 3.33. The monoisotopic (exact) mass is 881 g/mol. The van der Waals surface area contributed by atoms with Crippen molar-refractivity contribution < 1.29 is 19.1 Å². The van der Waals surface area contributed by atoms with Crippen molar-refractivity contribution in [1.29, 1.82) is 0 Å². The van der Waals surface area contributed by atoms with Gasteiger partial charge >= 0.3 is 11.9 Å². The lowest BCUT2D eigenvalue weighted by molar-refractivity contribution is -0.146. The molecule has 0 amide bonds. The number of carbonyl (C=O) groups is 2. The lowest BCUT2D eigenvalue weighted by atomic mass is 10.1. The van der Waals surface area contributed by atoms with Crippen molar-refractivity contribution in [3.63, 3.8) is 0 Å². The first kappa shape index (κ1) is 54.2. The maximum Gasteiger partial charge on any atom is 0.307 e. The summed E-state index contributed by atoms with van der Waals surface area (Å²) in [4.78, 5) is 40.0. The van der Waals surface area contributed by atoms with E-state index in [9.17, 15) is 9.59 Å². The molecule has 0 N–H and O–H groups in total. The SMILES string of the molecule is CCN(CC)CCN(CCC(=O)OCc1ccc(/C=C\c2ccc(/C=C\c3ccc(COC(=O)CCN(CCN(CC)CC)CCN(CC)CC)cc3)cc2)cc1)CCN(CC)CC. The predicted octanol–water partition coefficient (Wildman–Crippen LogP) is 8.87. The molecule has 10 heteroatoms. The van der Waals surface area contributed by atoms with Crippen molar-refractivity contribution in [2.75, 3.05) is 118 Å². The van der Waals surface area contributed by atoms with Gasteiger partial charge in [-0.25, -0.2) is 0 Å². The van der Waals surface area contributed by atoms with Gasteiger partial charge in [0.05, 0.1) is 12.8 Å². The number of likely N-dealkylation sites (N-methyl/N-ethyl adjacent to an activating group) is 4. The maximum absolute atomic E-state index is 12.7. The number of esters is 2. The van der Waals surface area contributed by atoms with Crippen molar-refractivity contribution in [1.82, 2.24) is 29.4 Å². The molecule has 0 aromatic heterocycles. The molecule has 0 fully saturated rings. The summed E-state index contributed by atoms with van der Waals surface area (Å²) in [7, 11) is 0. The van der Waals surface area contributed by atoms with Crippen LogP contribution in [0.2, 0.25) is 0 Å². The van der Waals surface area contributed by atoms with Gasteiger partial charge in [-0.05, 0) is 85.7 Å². The van der Waals surface area contributed by atoms with Gasteiger partial charge in [0.2, 0.25) is 0 Å². The van der Waals surface area contributed by atoms with E-state index in [4.69, 9.17) is 9.47 Å². The second kappa shape index (κ2) is 32.5. The summed E-state index contributed by atoms with van der Waals surface area (Å²) in [5.41, 5.74) is 6.37. The van der Waals surface area contributed by atoms with Crippen molar-refractivity contribution in [2.24, 2.45) is 0 Å². The quantitative estimate of drug-likeness (QED) is 0.0430. The first-order valence-electron chi connectivity index (χ1n) is 24.4. The number of nitrogens with zero attached hydrogens (tertiary/aromatic N) is 6. The number of carbonyl (C=O) groups excluding carboxylic acids is 2. The fraction of sp³-hybridized carbons (Fsp3) is 0.556. The molecule has 0 unspecified atom stereocenters. The highest BCUT2D eigenvalue weighted by Crippen LogP contribution is 2.15. The van der Waals surface area contributed by atoms with Crippen LogP contribution in [-0.4, -0.2) is 159 Å². The zero-order chi connectivity index (χ0) is 46.4. The van der Waals surface area contributed by atoms with Gasteiger partial charge in [0.15, 0.2) is 0 Å². The van der Waals surface area contributed by atoms with E-state index >= 15 is 0 Å². The van der Waals surface area contributed by atoms with Crippen molar-refractivity contribution in [3.05, 3.63) is 106 Å². The molecule has 0 heterocycles. The highest BCUT2D eigenvalue weighted by atomic mass is 16.5. The van der Waals surface area contributed by atoms with Crippen LogP contribution in [0.4, 0.5) is 0 Å². The summed E-state index contributed by atoms with van der Waals surface area (Å²) in [6, 6.07) is 24.8. The van der Waals surface area contributed by atoms with E-state index in [-0.39, 0.29) is 25.2 Å². The molecule has 10 nitrogen and oxygen atoms in total. The van der Waals surface area contributed by atoms with E-state index in [2.05, 4.69) is 158 Å². The largest absolute Gasteiger partial charge is 0.461 e. The third-order valence-corrected chi connectivity index (χ3v) is 12.4. The number of hydrogen-bond donors (Lipinski definition) is 0. The van der Waals surface area contributed by atoms with Gasteiger partial charge in [-0.3, -0.25) is 9.59 Å². The molecule has 0 aliphatic carbocycles. The van der Waals surface area contributed by atoms with E-state index in [1.807, 2.05) is 24.3 Å². The fourth-order valence-corrected chi connectivity index (χ4v) is 7.49. The van der Waals surface area contributed by atoms with E-state index in [1.165, 1.54) is 0 Å². The molecule has 0 aliphatic rings. The van der Waals surface area contributed by atoms with Crippen molar-refractivity contribution in [3.8, 4) is 0 Å². The average molecular weight is 881 g/mol. The Balaban J connectivity index is 1.41. The third-order valence-electron chi connectivity index (χ3n) is 12.4. The number of benzene rings is 3. The van der Waals surface area contributed by atoms with Crippen LogP contribution >= 0.6 is 0 Å². The van der Waals surface area contributed by atoms with E-state index in [0.29, 0.717) is 25.9 Å². The predicted molar refractivity (Wildman–Crippen MR) is 270 cm³/mol. The zero-order valence-electron chi connectivity index (χ0n) is 41.1. The molecule has 0 saturated carbocycles. The number of rotatable bonds is 34. The summed E-state index contributed by atoms with van der Waals surface area (Å²) in [6.45, 7) is 35.8. The Morgan fingerprint density at radius 3 is 0.797 bits per heavy atom. The minimum absolute atomic E-state index is 0.151. The van der Waals surface area contributed by atoms with Crippen molar-refractivity contribution in [2.45, 2.75) is 81.4 Å². The summed E-state index contributed by atoms with van der Waals surface area (Å²) >= 11 is 0. The molecule has 0 spiro atoms. The maximum atomic E-state index is 12.7. The van der Waals surface area contributed by atoms with Crippen LogP contribution in [0.15, 0.2) is 72.8 Å².